The Morgan fingerprint density at radius 2 is 2.11 bits per heavy atom. The summed E-state index contributed by atoms with van der Waals surface area (Å²) in [6.45, 7) is 3.77. The molecule has 0 aliphatic heterocycles. The Morgan fingerprint density at radius 1 is 1.37 bits per heavy atom. The maximum Gasteiger partial charge on any atom is 0.287 e. The second kappa shape index (κ2) is 7.89. The van der Waals surface area contributed by atoms with Gasteiger partial charge in [-0.15, -0.1) is 0 Å². The molecular formula is C13H20N2O3S. The van der Waals surface area contributed by atoms with Crippen LogP contribution in [0.15, 0.2) is 22.8 Å². The quantitative estimate of drug-likeness (QED) is 0.799. The van der Waals surface area contributed by atoms with Crippen LogP contribution < -0.4 is 10.6 Å². The molecule has 0 fully saturated rings. The molecule has 0 spiro atoms. The number of carbonyl (C=O) groups is 2. The van der Waals surface area contributed by atoms with Crippen molar-refractivity contribution in [3.05, 3.63) is 24.2 Å². The lowest BCUT2D eigenvalue weighted by Crippen LogP contribution is -2.48. The number of furan rings is 1. The first-order valence-electron chi connectivity index (χ1n) is 6.18. The van der Waals surface area contributed by atoms with Crippen molar-refractivity contribution in [2.75, 3.05) is 12.0 Å². The molecule has 106 valence electrons. The molecule has 5 nitrogen and oxygen atoms in total. The first-order chi connectivity index (χ1) is 9.04. The van der Waals surface area contributed by atoms with Gasteiger partial charge >= 0.3 is 0 Å². The summed E-state index contributed by atoms with van der Waals surface area (Å²) >= 11 is 1.64. The highest BCUT2D eigenvalue weighted by Gasteiger charge is 2.22. The average Bonchev–Trinajstić information content (AvgIpc) is 2.86. The zero-order chi connectivity index (χ0) is 14.3. The first kappa shape index (κ1) is 15.6. The Morgan fingerprint density at radius 3 is 2.63 bits per heavy atom. The molecule has 0 unspecified atom stereocenters. The third-order valence-corrected chi connectivity index (χ3v) is 3.05. The fraction of sp³-hybridized carbons (Fsp3) is 0.538. The van der Waals surface area contributed by atoms with Crippen LogP contribution in [-0.2, 0) is 4.79 Å². The molecule has 0 radical (unpaired) electrons. The predicted octanol–water partition coefficient (Wildman–Crippen LogP) is 1.66. The molecule has 6 heteroatoms. The lowest BCUT2D eigenvalue weighted by molar-refractivity contribution is -0.123. The van der Waals surface area contributed by atoms with Gasteiger partial charge in [-0.25, -0.2) is 0 Å². The van der Waals surface area contributed by atoms with Gasteiger partial charge in [-0.05, 0) is 44.4 Å². The monoisotopic (exact) mass is 284 g/mol. The molecule has 1 atom stereocenters. The summed E-state index contributed by atoms with van der Waals surface area (Å²) in [6, 6.07) is 2.72. The van der Waals surface area contributed by atoms with Crippen molar-refractivity contribution < 1.29 is 14.0 Å². The Balaban J connectivity index is 2.63. The highest BCUT2D eigenvalue weighted by molar-refractivity contribution is 7.98. The Bertz CT molecular complexity index is 404. The van der Waals surface area contributed by atoms with E-state index in [2.05, 4.69) is 10.6 Å². The van der Waals surface area contributed by atoms with Crippen LogP contribution in [0.3, 0.4) is 0 Å². The van der Waals surface area contributed by atoms with Gasteiger partial charge in [0.1, 0.15) is 6.04 Å². The van der Waals surface area contributed by atoms with Crippen molar-refractivity contribution in [2.24, 2.45) is 0 Å². The molecule has 1 rings (SSSR count). The number of hydrogen-bond donors (Lipinski definition) is 2. The van der Waals surface area contributed by atoms with Crippen LogP contribution in [0, 0.1) is 0 Å². The number of rotatable bonds is 7. The molecule has 0 aliphatic rings. The van der Waals surface area contributed by atoms with Crippen molar-refractivity contribution in [3.8, 4) is 0 Å². The molecule has 2 amide bonds. The molecule has 1 aromatic heterocycles. The molecule has 0 saturated carbocycles. The minimum Gasteiger partial charge on any atom is -0.459 e. The summed E-state index contributed by atoms with van der Waals surface area (Å²) in [5.41, 5.74) is 0. The number of nitrogens with one attached hydrogen (secondary N) is 2. The molecule has 1 heterocycles. The van der Waals surface area contributed by atoms with Gasteiger partial charge in [0, 0.05) is 6.04 Å². The van der Waals surface area contributed by atoms with Gasteiger partial charge in [0.2, 0.25) is 5.91 Å². The zero-order valence-electron chi connectivity index (χ0n) is 11.4. The minimum atomic E-state index is -0.535. The summed E-state index contributed by atoms with van der Waals surface area (Å²) in [6.07, 6.45) is 3.98. The standard InChI is InChI=1S/C13H20N2O3S/c1-9(2)14-12(16)10(6-8-19-3)15-13(17)11-5-4-7-18-11/h4-5,7,9-10H,6,8H2,1-3H3,(H,14,16)(H,15,17)/t10-/m1/s1. The van der Waals surface area contributed by atoms with Crippen LogP contribution in [-0.4, -0.2) is 35.9 Å². The van der Waals surface area contributed by atoms with Gasteiger partial charge < -0.3 is 15.1 Å². The van der Waals surface area contributed by atoms with E-state index in [0.29, 0.717) is 6.42 Å². The SMILES string of the molecule is CSCC[C@@H](NC(=O)c1ccco1)C(=O)NC(C)C. The van der Waals surface area contributed by atoms with Gasteiger partial charge in [0.15, 0.2) is 5.76 Å². The van der Waals surface area contributed by atoms with Crippen molar-refractivity contribution >= 4 is 23.6 Å². The fourth-order valence-corrected chi connectivity index (χ4v) is 2.00. The second-order valence-electron chi connectivity index (χ2n) is 4.45. The molecular weight excluding hydrogens is 264 g/mol. The number of hydrogen-bond acceptors (Lipinski definition) is 4. The zero-order valence-corrected chi connectivity index (χ0v) is 12.3. The molecule has 19 heavy (non-hydrogen) atoms. The predicted molar refractivity (Wildman–Crippen MR) is 76.2 cm³/mol. The molecule has 2 N–H and O–H groups in total. The Labute approximate surface area is 117 Å². The van der Waals surface area contributed by atoms with E-state index in [-0.39, 0.29) is 23.6 Å². The van der Waals surface area contributed by atoms with Crippen LogP contribution in [0.4, 0.5) is 0 Å². The summed E-state index contributed by atoms with van der Waals surface area (Å²) < 4.78 is 5.01. The van der Waals surface area contributed by atoms with E-state index in [9.17, 15) is 9.59 Å². The highest BCUT2D eigenvalue weighted by Crippen LogP contribution is 2.05. The van der Waals surface area contributed by atoms with Crippen molar-refractivity contribution in [3.63, 3.8) is 0 Å². The molecule has 0 aliphatic carbocycles. The first-order valence-corrected chi connectivity index (χ1v) is 7.57. The average molecular weight is 284 g/mol. The van der Waals surface area contributed by atoms with Crippen LogP contribution in [0.2, 0.25) is 0 Å². The molecule has 0 saturated heterocycles. The second-order valence-corrected chi connectivity index (χ2v) is 5.43. The molecule has 0 aromatic carbocycles. The minimum absolute atomic E-state index is 0.0461. The number of carbonyl (C=O) groups excluding carboxylic acids is 2. The van der Waals surface area contributed by atoms with Crippen molar-refractivity contribution in [1.82, 2.24) is 10.6 Å². The van der Waals surface area contributed by atoms with E-state index in [1.165, 1.54) is 6.26 Å². The summed E-state index contributed by atoms with van der Waals surface area (Å²) in [5.74, 6) is 0.486. The Hall–Kier alpha value is -1.43. The number of thioether (sulfide) groups is 1. The maximum atomic E-state index is 12.0. The van der Waals surface area contributed by atoms with Crippen LogP contribution >= 0.6 is 11.8 Å². The normalized spacial score (nSPS) is 12.2. The topological polar surface area (TPSA) is 71.3 Å². The van der Waals surface area contributed by atoms with E-state index >= 15 is 0 Å². The smallest absolute Gasteiger partial charge is 0.287 e. The lowest BCUT2D eigenvalue weighted by Gasteiger charge is -2.19. The third-order valence-electron chi connectivity index (χ3n) is 2.41. The van der Waals surface area contributed by atoms with E-state index in [1.807, 2.05) is 20.1 Å². The van der Waals surface area contributed by atoms with Crippen LogP contribution in [0.5, 0.6) is 0 Å². The van der Waals surface area contributed by atoms with E-state index in [4.69, 9.17) is 4.42 Å². The molecule has 0 bridgehead atoms. The summed E-state index contributed by atoms with van der Waals surface area (Å²) in [4.78, 5) is 23.9. The van der Waals surface area contributed by atoms with Gasteiger partial charge in [0.05, 0.1) is 6.26 Å². The Kier molecular flexibility index (Phi) is 6.49. The fourth-order valence-electron chi connectivity index (χ4n) is 1.53. The highest BCUT2D eigenvalue weighted by atomic mass is 32.2. The molecule has 1 aromatic rings. The van der Waals surface area contributed by atoms with Gasteiger partial charge in [-0.2, -0.15) is 11.8 Å². The number of amides is 2. The van der Waals surface area contributed by atoms with Gasteiger partial charge in [-0.1, -0.05) is 0 Å². The van der Waals surface area contributed by atoms with Crippen LogP contribution in [0.25, 0.3) is 0 Å². The van der Waals surface area contributed by atoms with Crippen molar-refractivity contribution in [2.45, 2.75) is 32.4 Å². The van der Waals surface area contributed by atoms with Gasteiger partial charge in [0.25, 0.3) is 5.91 Å². The van der Waals surface area contributed by atoms with Crippen LogP contribution in [0.1, 0.15) is 30.8 Å². The van der Waals surface area contributed by atoms with E-state index < -0.39 is 6.04 Å². The summed E-state index contributed by atoms with van der Waals surface area (Å²) in [7, 11) is 0. The summed E-state index contributed by atoms with van der Waals surface area (Å²) in [5, 5.41) is 5.51. The maximum absolute atomic E-state index is 12.0. The van der Waals surface area contributed by atoms with E-state index in [0.717, 1.165) is 5.75 Å². The van der Waals surface area contributed by atoms with Crippen molar-refractivity contribution in [1.29, 1.82) is 0 Å². The third kappa shape index (κ3) is 5.38. The van der Waals surface area contributed by atoms with Gasteiger partial charge in [-0.3, -0.25) is 9.59 Å². The lowest BCUT2D eigenvalue weighted by atomic mass is 10.2. The largest absolute Gasteiger partial charge is 0.459 e. The van der Waals surface area contributed by atoms with E-state index in [1.54, 1.807) is 23.9 Å².